The second kappa shape index (κ2) is 6.68. The van der Waals surface area contributed by atoms with Gasteiger partial charge in [-0.25, -0.2) is 9.97 Å². The number of rotatable bonds is 3. The summed E-state index contributed by atoms with van der Waals surface area (Å²) in [5.74, 6) is 0.837. The van der Waals surface area contributed by atoms with E-state index in [1.54, 1.807) is 11.3 Å². The van der Waals surface area contributed by atoms with Crippen LogP contribution in [0.5, 0.6) is 0 Å². The number of benzene rings is 3. The minimum absolute atomic E-state index is 0.837. The fourth-order valence-corrected chi connectivity index (χ4v) is 4.61. The number of hydrogen-bond acceptors (Lipinski definition) is 3. The molecule has 0 atom stereocenters. The number of aryl methyl sites for hydroxylation is 1. The minimum atomic E-state index is 0.837. The number of fused-ring (bicyclic) bond motifs is 2. The molecule has 0 bridgehead atoms. The fraction of sp³-hybridized carbons (Fsp3) is 0.0400. The Kier molecular flexibility index (Phi) is 3.82. The maximum absolute atomic E-state index is 4.93. The van der Waals surface area contributed by atoms with Gasteiger partial charge in [0.1, 0.15) is 11.4 Å². The van der Waals surface area contributed by atoms with Gasteiger partial charge in [0.15, 0.2) is 10.8 Å². The summed E-state index contributed by atoms with van der Waals surface area (Å²) in [6.07, 6.45) is 2.06. The molecule has 30 heavy (non-hydrogen) atoms. The number of nitrogens with one attached hydrogen (secondary N) is 1. The molecule has 0 fully saturated rings. The highest BCUT2D eigenvalue weighted by molar-refractivity contribution is 7.15. The van der Waals surface area contributed by atoms with Gasteiger partial charge in [-0.3, -0.25) is 4.40 Å². The van der Waals surface area contributed by atoms with Crippen LogP contribution in [0.25, 0.3) is 49.9 Å². The van der Waals surface area contributed by atoms with Crippen LogP contribution in [0.3, 0.4) is 0 Å². The highest BCUT2D eigenvalue weighted by Gasteiger charge is 2.19. The molecular formula is C25H18N4S. The summed E-state index contributed by atoms with van der Waals surface area (Å²) in [5.41, 5.74) is 8.64. The number of thiazole rings is 1. The van der Waals surface area contributed by atoms with Crippen LogP contribution in [0.15, 0.2) is 84.4 Å². The number of H-pyrrole nitrogens is 1. The van der Waals surface area contributed by atoms with Gasteiger partial charge in [-0.1, -0.05) is 60.7 Å². The van der Waals surface area contributed by atoms with Crippen LogP contribution in [0, 0.1) is 6.92 Å². The summed E-state index contributed by atoms with van der Waals surface area (Å²) in [7, 11) is 0. The number of aromatic nitrogens is 4. The Morgan fingerprint density at radius 2 is 1.60 bits per heavy atom. The Bertz CT molecular complexity index is 1490. The third-order valence-electron chi connectivity index (χ3n) is 5.39. The predicted octanol–water partition coefficient (Wildman–Crippen LogP) is 6.58. The van der Waals surface area contributed by atoms with Crippen molar-refractivity contribution in [2.75, 3.05) is 0 Å². The van der Waals surface area contributed by atoms with Crippen LogP contribution in [-0.4, -0.2) is 19.4 Å². The van der Waals surface area contributed by atoms with Gasteiger partial charge in [-0.2, -0.15) is 0 Å². The zero-order valence-electron chi connectivity index (χ0n) is 16.3. The van der Waals surface area contributed by atoms with Gasteiger partial charge < -0.3 is 4.98 Å². The third kappa shape index (κ3) is 2.75. The smallest absolute Gasteiger partial charge is 0.194 e. The second-order valence-electron chi connectivity index (χ2n) is 7.41. The van der Waals surface area contributed by atoms with Gasteiger partial charge in [0, 0.05) is 17.1 Å². The fourth-order valence-electron chi connectivity index (χ4n) is 3.90. The average molecular weight is 407 g/mol. The van der Waals surface area contributed by atoms with E-state index in [9.17, 15) is 0 Å². The average Bonchev–Trinajstić information content (AvgIpc) is 3.48. The normalized spacial score (nSPS) is 11.5. The van der Waals surface area contributed by atoms with E-state index < -0.39 is 0 Å². The zero-order valence-corrected chi connectivity index (χ0v) is 17.1. The molecule has 144 valence electrons. The Labute approximate surface area is 177 Å². The van der Waals surface area contributed by atoms with Crippen molar-refractivity contribution in [3.63, 3.8) is 0 Å². The molecule has 0 aliphatic heterocycles. The molecule has 0 saturated heterocycles. The summed E-state index contributed by atoms with van der Waals surface area (Å²) in [4.78, 5) is 14.3. The van der Waals surface area contributed by atoms with Gasteiger partial charge in [-0.05, 0) is 35.7 Å². The van der Waals surface area contributed by atoms with Crippen LogP contribution in [0.1, 0.15) is 5.56 Å². The molecule has 4 nitrogen and oxygen atoms in total. The summed E-state index contributed by atoms with van der Waals surface area (Å²) >= 11 is 1.63. The molecule has 3 heterocycles. The Morgan fingerprint density at radius 1 is 0.833 bits per heavy atom. The van der Waals surface area contributed by atoms with Crippen molar-refractivity contribution in [3.05, 3.63) is 89.9 Å². The van der Waals surface area contributed by atoms with Crippen molar-refractivity contribution in [3.8, 4) is 33.9 Å². The second-order valence-corrected chi connectivity index (χ2v) is 8.29. The first-order chi connectivity index (χ1) is 14.8. The lowest BCUT2D eigenvalue weighted by Gasteiger charge is -2.05. The molecule has 0 amide bonds. The van der Waals surface area contributed by atoms with Crippen LogP contribution < -0.4 is 0 Å². The molecule has 0 aliphatic rings. The predicted molar refractivity (Wildman–Crippen MR) is 124 cm³/mol. The molecule has 5 heteroatoms. The molecule has 1 N–H and O–H groups in total. The van der Waals surface area contributed by atoms with E-state index >= 15 is 0 Å². The third-order valence-corrected chi connectivity index (χ3v) is 6.15. The standard InChI is InChI=1S/C25H18N4S/c1-16-7-12-20-21(15-16)27-24(26-20)23-22(28-25-29(23)13-14-30-25)19-10-8-18(9-11-19)17-5-3-2-4-6-17/h2-15H,1H3,(H,26,27). The lowest BCUT2D eigenvalue weighted by Crippen LogP contribution is -1.90. The Hall–Kier alpha value is -3.70. The SMILES string of the molecule is Cc1ccc2nc(-c3c(-c4ccc(-c5ccccc5)cc4)nc4sccn34)[nH]c2c1. The molecule has 0 spiro atoms. The molecule has 6 rings (SSSR count). The van der Waals surface area contributed by atoms with Crippen molar-refractivity contribution < 1.29 is 0 Å². The highest BCUT2D eigenvalue weighted by atomic mass is 32.1. The number of hydrogen-bond donors (Lipinski definition) is 1. The molecule has 0 unspecified atom stereocenters. The highest BCUT2D eigenvalue weighted by Crippen LogP contribution is 2.34. The van der Waals surface area contributed by atoms with Crippen molar-refractivity contribution in [2.24, 2.45) is 0 Å². The first-order valence-corrected chi connectivity index (χ1v) is 10.7. The molecule has 6 aromatic rings. The van der Waals surface area contributed by atoms with Crippen LogP contribution >= 0.6 is 11.3 Å². The van der Waals surface area contributed by atoms with E-state index in [0.29, 0.717) is 0 Å². The van der Waals surface area contributed by atoms with E-state index in [4.69, 9.17) is 9.97 Å². The Morgan fingerprint density at radius 3 is 2.43 bits per heavy atom. The lowest BCUT2D eigenvalue weighted by molar-refractivity contribution is 1.19. The molecule has 3 aromatic carbocycles. The quantitative estimate of drug-likeness (QED) is 0.361. The molecule has 3 aromatic heterocycles. The summed E-state index contributed by atoms with van der Waals surface area (Å²) < 4.78 is 2.12. The molecular weight excluding hydrogens is 388 g/mol. The van der Waals surface area contributed by atoms with Crippen molar-refractivity contribution >= 4 is 27.3 Å². The van der Waals surface area contributed by atoms with Crippen LogP contribution in [-0.2, 0) is 0 Å². The Balaban J connectivity index is 1.51. The summed E-state index contributed by atoms with van der Waals surface area (Å²) in [6, 6.07) is 25.3. The first-order valence-electron chi connectivity index (χ1n) is 9.84. The van der Waals surface area contributed by atoms with Crippen molar-refractivity contribution in [2.45, 2.75) is 6.92 Å². The van der Waals surface area contributed by atoms with Crippen molar-refractivity contribution in [1.82, 2.24) is 19.4 Å². The molecule has 0 saturated carbocycles. The van der Waals surface area contributed by atoms with E-state index in [0.717, 1.165) is 38.8 Å². The largest absolute Gasteiger partial charge is 0.337 e. The van der Waals surface area contributed by atoms with E-state index in [2.05, 4.69) is 94.6 Å². The van der Waals surface area contributed by atoms with Gasteiger partial charge in [0.05, 0.1) is 11.0 Å². The van der Waals surface area contributed by atoms with Gasteiger partial charge in [-0.15, -0.1) is 11.3 Å². The van der Waals surface area contributed by atoms with Crippen LogP contribution in [0.2, 0.25) is 0 Å². The number of aromatic amines is 1. The summed E-state index contributed by atoms with van der Waals surface area (Å²) in [5, 5.41) is 2.06. The maximum atomic E-state index is 4.93. The van der Waals surface area contributed by atoms with Gasteiger partial charge in [0.25, 0.3) is 0 Å². The van der Waals surface area contributed by atoms with Gasteiger partial charge >= 0.3 is 0 Å². The maximum Gasteiger partial charge on any atom is 0.194 e. The van der Waals surface area contributed by atoms with Crippen LogP contribution in [0.4, 0.5) is 0 Å². The topological polar surface area (TPSA) is 46.0 Å². The van der Waals surface area contributed by atoms with Crippen molar-refractivity contribution in [1.29, 1.82) is 0 Å². The number of nitrogens with zero attached hydrogens (tertiary/aromatic N) is 3. The number of imidazole rings is 2. The van der Waals surface area contributed by atoms with E-state index in [1.165, 1.54) is 16.7 Å². The van der Waals surface area contributed by atoms with E-state index in [1.807, 2.05) is 6.07 Å². The molecule has 0 aliphatic carbocycles. The monoisotopic (exact) mass is 406 g/mol. The van der Waals surface area contributed by atoms with Gasteiger partial charge in [0.2, 0.25) is 0 Å². The minimum Gasteiger partial charge on any atom is -0.337 e. The molecule has 0 radical (unpaired) electrons. The zero-order chi connectivity index (χ0) is 20.1. The first kappa shape index (κ1) is 17.2. The van der Waals surface area contributed by atoms with E-state index in [-0.39, 0.29) is 0 Å². The summed E-state index contributed by atoms with van der Waals surface area (Å²) in [6.45, 7) is 2.09. The lowest BCUT2D eigenvalue weighted by atomic mass is 10.0.